The molecule has 0 radical (unpaired) electrons. The lowest BCUT2D eigenvalue weighted by Crippen LogP contribution is -2.53. The molecule has 0 aromatic rings. The molecule has 0 saturated heterocycles. The van der Waals surface area contributed by atoms with Gasteiger partial charge in [0.15, 0.2) is 0 Å². The van der Waals surface area contributed by atoms with Crippen LogP contribution < -0.4 is 5.73 Å². The van der Waals surface area contributed by atoms with Crippen molar-refractivity contribution in [1.82, 2.24) is 0 Å². The first-order valence-electron chi connectivity index (χ1n) is 11.2. The van der Waals surface area contributed by atoms with E-state index in [2.05, 4.69) is 6.92 Å². The largest absolute Gasteiger partial charge is 0.434 e. The van der Waals surface area contributed by atoms with Crippen molar-refractivity contribution in [1.29, 1.82) is 0 Å². The van der Waals surface area contributed by atoms with Gasteiger partial charge in [-0.25, -0.2) is 0 Å². The molecular weight excluding hydrogens is 342 g/mol. The molecule has 0 rings (SSSR count). The summed E-state index contributed by atoms with van der Waals surface area (Å²) in [7, 11) is 0. The van der Waals surface area contributed by atoms with E-state index < -0.39 is 24.4 Å². The average Bonchev–Trinajstić information content (AvgIpc) is 2.64. The highest BCUT2D eigenvalue weighted by atomic mass is 16.6. The van der Waals surface area contributed by atoms with E-state index in [1.165, 1.54) is 84.0 Å². The molecule has 5 heteroatoms. The van der Waals surface area contributed by atoms with Gasteiger partial charge >= 0.3 is 5.97 Å². The van der Waals surface area contributed by atoms with E-state index in [-0.39, 0.29) is 6.42 Å². The number of esters is 1. The van der Waals surface area contributed by atoms with Gasteiger partial charge in [-0.2, -0.15) is 0 Å². The number of ether oxygens (including phenoxy) is 1. The standard InChI is InChI=1S/C22H45NO4/c1-3-4-5-6-7-8-9-10-11-12-13-14-15-16-17-18-20(25)27-21(26)22(2,23)19-24/h21,24,26H,3-19,23H2,1-2H3. The summed E-state index contributed by atoms with van der Waals surface area (Å²) >= 11 is 0. The van der Waals surface area contributed by atoms with Gasteiger partial charge in [0.25, 0.3) is 0 Å². The average molecular weight is 388 g/mol. The van der Waals surface area contributed by atoms with Gasteiger partial charge in [0.05, 0.1) is 12.1 Å². The van der Waals surface area contributed by atoms with Gasteiger partial charge in [-0.3, -0.25) is 4.79 Å². The van der Waals surface area contributed by atoms with Crippen molar-refractivity contribution in [2.75, 3.05) is 6.61 Å². The minimum Gasteiger partial charge on any atom is -0.434 e. The highest BCUT2D eigenvalue weighted by molar-refractivity contribution is 5.69. The molecule has 0 fully saturated rings. The second kappa shape index (κ2) is 17.4. The van der Waals surface area contributed by atoms with E-state index in [0.717, 1.165) is 19.3 Å². The van der Waals surface area contributed by atoms with E-state index in [0.29, 0.717) is 0 Å². The summed E-state index contributed by atoms with van der Waals surface area (Å²) in [6.07, 6.45) is 18.0. The predicted octanol–water partition coefficient (Wildman–Crippen LogP) is 4.82. The molecular formula is C22H45NO4. The van der Waals surface area contributed by atoms with Crippen molar-refractivity contribution in [3.63, 3.8) is 0 Å². The van der Waals surface area contributed by atoms with Gasteiger partial charge < -0.3 is 20.7 Å². The minimum atomic E-state index is -1.47. The molecule has 0 saturated carbocycles. The van der Waals surface area contributed by atoms with Crippen LogP contribution in [-0.2, 0) is 9.53 Å². The fourth-order valence-corrected chi connectivity index (χ4v) is 3.04. The lowest BCUT2D eigenvalue weighted by molar-refractivity contribution is -0.181. The Labute approximate surface area is 167 Å². The first kappa shape index (κ1) is 26.4. The second-order valence-electron chi connectivity index (χ2n) is 8.21. The molecule has 2 atom stereocenters. The Balaban J connectivity index is 3.32. The summed E-state index contributed by atoms with van der Waals surface area (Å²) in [5, 5.41) is 18.7. The van der Waals surface area contributed by atoms with Crippen molar-refractivity contribution in [3.8, 4) is 0 Å². The van der Waals surface area contributed by atoms with Gasteiger partial charge in [0.1, 0.15) is 0 Å². The molecule has 162 valence electrons. The quantitative estimate of drug-likeness (QED) is 0.168. The number of carbonyl (C=O) groups excluding carboxylic acids is 1. The van der Waals surface area contributed by atoms with Gasteiger partial charge in [0, 0.05) is 6.42 Å². The van der Waals surface area contributed by atoms with Crippen molar-refractivity contribution in [2.45, 2.75) is 128 Å². The Morgan fingerprint density at radius 1 is 0.852 bits per heavy atom. The number of hydrogen-bond donors (Lipinski definition) is 3. The van der Waals surface area contributed by atoms with Gasteiger partial charge in [-0.1, -0.05) is 96.8 Å². The maximum atomic E-state index is 11.6. The number of aliphatic hydroxyl groups is 2. The number of rotatable bonds is 19. The topological polar surface area (TPSA) is 92.8 Å². The van der Waals surface area contributed by atoms with Crippen LogP contribution in [0.5, 0.6) is 0 Å². The third-order valence-electron chi connectivity index (χ3n) is 5.13. The van der Waals surface area contributed by atoms with E-state index in [4.69, 9.17) is 15.6 Å². The zero-order valence-corrected chi connectivity index (χ0v) is 17.9. The van der Waals surface area contributed by atoms with E-state index in [1.807, 2.05) is 0 Å². The summed E-state index contributed by atoms with van der Waals surface area (Å²) in [5.74, 6) is -0.456. The van der Waals surface area contributed by atoms with Crippen molar-refractivity contribution < 1.29 is 19.7 Å². The second-order valence-corrected chi connectivity index (χ2v) is 8.21. The molecule has 2 unspecified atom stereocenters. The maximum absolute atomic E-state index is 11.6. The summed E-state index contributed by atoms with van der Waals surface area (Å²) in [6, 6.07) is 0. The molecule has 0 spiro atoms. The van der Waals surface area contributed by atoms with Crippen LogP contribution in [-0.4, -0.2) is 34.6 Å². The summed E-state index contributed by atoms with van der Waals surface area (Å²) in [6.45, 7) is 3.26. The third kappa shape index (κ3) is 16.0. The molecule has 0 aromatic carbocycles. The van der Waals surface area contributed by atoms with Crippen LogP contribution in [0.2, 0.25) is 0 Å². The summed E-state index contributed by atoms with van der Waals surface area (Å²) < 4.78 is 4.86. The van der Waals surface area contributed by atoms with Crippen LogP contribution in [0.25, 0.3) is 0 Å². The van der Waals surface area contributed by atoms with Crippen molar-refractivity contribution in [2.24, 2.45) is 5.73 Å². The Bertz CT molecular complexity index is 347. The smallest absolute Gasteiger partial charge is 0.308 e. The Hall–Kier alpha value is -0.650. The lowest BCUT2D eigenvalue weighted by atomic mass is 10.0. The Morgan fingerprint density at radius 3 is 1.59 bits per heavy atom. The summed E-state index contributed by atoms with van der Waals surface area (Å²) in [4.78, 5) is 11.6. The van der Waals surface area contributed by atoms with Crippen LogP contribution >= 0.6 is 0 Å². The number of nitrogens with two attached hydrogens (primary N) is 1. The molecule has 0 heterocycles. The minimum absolute atomic E-state index is 0.289. The fraction of sp³-hybridized carbons (Fsp3) is 0.955. The lowest BCUT2D eigenvalue weighted by Gasteiger charge is -2.27. The van der Waals surface area contributed by atoms with Crippen LogP contribution in [0.3, 0.4) is 0 Å². The van der Waals surface area contributed by atoms with E-state index >= 15 is 0 Å². The van der Waals surface area contributed by atoms with E-state index in [1.54, 1.807) is 0 Å². The number of carbonyl (C=O) groups is 1. The van der Waals surface area contributed by atoms with E-state index in [9.17, 15) is 9.90 Å². The van der Waals surface area contributed by atoms with Crippen LogP contribution in [0.1, 0.15) is 117 Å². The highest BCUT2D eigenvalue weighted by Crippen LogP contribution is 2.14. The molecule has 5 nitrogen and oxygen atoms in total. The van der Waals surface area contributed by atoms with Gasteiger partial charge in [-0.05, 0) is 13.3 Å². The zero-order chi connectivity index (χ0) is 20.4. The van der Waals surface area contributed by atoms with Crippen LogP contribution in [0, 0.1) is 0 Å². The zero-order valence-electron chi connectivity index (χ0n) is 17.9. The normalized spacial score (nSPS) is 14.7. The van der Waals surface area contributed by atoms with Gasteiger partial charge in [-0.15, -0.1) is 0 Å². The SMILES string of the molecule is CCCCCCCCCCCCCCCCCC(=O)OC(O)C(C)(N)CO. The van der Waals surface area contributed by atoms with Crippen molar-refractivity contribution in [3.05, 3.63) is 0 Å². The molecule has 0 aliphatic rings. The first-order chi connectivity index (χ1) is 12.9. The molecule has 0 amide bonds. The molecule has 0 bridgehead atoms. The van der Waals surface area contributed by atoms with Gasteiger partial charge in [0.2, 0.25) is 6.29 Å². The third-order valence-corrected chi connectivity index (χ3v) is 5.13. The molecule has 0 aromatic heterocycles. The molecule has 4 N–H and O–H groups in total. The molecule has 27 heavy (non-hydrogen) atoms. The van der Waals surface area contributed by atoms with Crippen LogP contribution in [0.4, 0.5) is 0 Å². The van der Waals surface area contributed by atoms with Crippen LogP contribution in [0.15, 0.2) is 0 Å². The van der Waals surface area contributed by atoms with Crippen molar-refractivity contribution >= 4 is 5.97 Å². The molecule has 0 aliphatic heterocycles. The highest BCUT2D eigenvalue weighted by Gasteiger charge is 2.30. The summed E-state index contributed by atoms with van der Waals surface area (Å²) in [5.41, 5.74) is 4.30. The number of hydrogen-bond acceptors (Lipinski definition) is 5. The number of aliphatic hydroxyl groups excluding tert-OH is 2. The maximum Gasteiger partial charge on any atom is 0.308 e. The predicted molar refractivity (Wildman–Crippen MR) is 111 cm³/mol. The monoisotopic (exact) mass is 387 g/mol. The number of unbranched alkanes of at least 4 members (excludes halogenated alkanes) is 14. The first-order valence-corrected chi connectivity index (χ1v) is 11.2. The Kier molecular flexibility index (Phi) is 17.0. The Morgan fingerprint density at radius 2 is 1.22 bits per heavy atom. The molecule has 0 aliphatic carbocycles. The fourth-order valence-electron chi connectivity index (χ4n) is 3.04.